The van der Waals surface area contributed by atoms with Gasteiger partial charge in [0, 0.05) is 23.2 Å². The van der Waals surface area contributed by atoms with E-state index in [1.54, 1.807) is 67.6 Å². The van der Waals surface area contributed by atoms with Gasteiger partial charge in [-0.05, 0) is 49.4 Å². The third-order valence-corrected chi connectivity index (χ3v) is 6.34. The second kappa shape index (κ2) is 10.1. The first-order valence-corrected chi connectivity index (χ1v) is 12.2. The molecule has 0 bridgehead atoms. The van der Waals surface area contributed by atoms with Gasteiger partial charge in [-0.15, -0.1) is 0 Å². The first kappa shape index (κ1) is 24.3. The van der Waals surface area contributed by atoms with Gasteiger partial charge >= 0.3 is 0 Å². The summed E-state index contributed by atoms with van der Waals surface area (Å²) < 4.78 is 30.1. The summed E-state index contributed by atoms with van der Waals surface area (Å²) in [6, 6.07) is 19.7. The number of halogens is 1. The van der Waals surface area contributed by atoms with Crippen LogP contribution in [0.5, 0.6) is 5.75 Å². The molecule has 1 amide bonds. The van der Waals surface area contributed by atoms with Crippen LogP contribution >= 0.6 is 11.6 Å². The Labute approximate surface area is 198 Å². The maximum absolute atomic E-state index is 12.9. The topological polar surface area (TPSA) is 92.8 Å². The van der Waals surface area contributed by atoms with Crippen molar-refractivity contribution in [1.29, 1.82) is 0 Å². The first-order chi connectivity index (χ1) is 15.6. The molecule has 7 nitrogen and oxygen atoms in total. The molecule has 1 N–H and O–H groups in total. The molecule has 0 aliphatic carbocycles. The van der Waals surface area contributed by atoms with E-state index in [0.717, 1.165) is 10.6 Å². The minimum Gasteiger partial charge on any atom is -0.481 e. The average Bonchev–Trinajstić information content (AvgIpc) is 2.79. The molecule has 0 saturated carbocycles. The number of amides is 1. The molecular formula is C24H23ClN2O5S. The summed E-state index contributed by atoms with van der Waals surface area (Å²) in [6.07, 6.45) is 0.219. The number of anilines is 2. The summed E-state index contributed by atoms with van der Waals surface area (Å²) >= 11 is 6.09. The highest BCUT2D eigenvalue weighted by atomic mass is 35.5. The van der Waals surface area contributed by atoms with Crippen LogP contribution in [0, 0.1) is 0 Å². The van der Waals surface area contributed by atoms with Gasteiger partial charge in [0.1, 0.15) is 5.75 Å². The molecule has 33 heavy (non-hydrogen) atoms. The van der Waals surface area contributed by atoms with Crippen molar-refractivity contribution in [3.63, 3.8) is 0 Å². The number of ether oxygens (including phenoxy) is 1. The Hall–Kier alpha value is -3.36. The van der Waals surface area contributed by atoms with Crippen molar-refractivity contribution in [2.75, 3.05) is 22.9 Å². The lowest BCUT2D eigenvalue weighted by Gasteiger charge is -2.19. The fourth-order valence-corrected chi connectivity index (χ4v) is 3.65. The maximum atomic E-state index is 12.9. The number of benzene rings is 3. The predicted octanol–water partition coefficient (Wildman–Crippen LogP) is 4.37. The first-order valence-electron chi connectivity index (χ1n) is 9.97. The fraction of sp³-hybridized carbons (Fsp3) is 0.167. The van der Waals surface area contributed by atoms with Gasteiger partial charge in [-0.3, -0.25) is 13.9 Å². The van der Waals surface area contributed by atoms with E-state index in [0.29, 0.717) is 27.7 Å². The van der Waals surface area contributed by atoms with Gasteiger partial charge in [-0.25, -0.2) is 8.42 Å². The Bertz CT molecular complexity index is 1260. The van der Waals surface area contributed by atoms with Crippen LogP contribution in [0.4, 0.5) is 11.4 Å². The van der Waals surface area contributed by atoms with Crippen LogP contribution in [-0.2, 0) is 14.8 Å². The molecule has 0 aliphatic rings. The average molecular weight is 487 g/mol. The van der Waals surface area contributed by atoms with E-state index in [-0.39, 0.29) is 11.3 Å². The van der Waals surface area contributed by atoms with Crippen LogP contribution in [0.25, 0.3) is 0 Å². The zero-order valence-electron chi connectivity index (χ0n) is 18.3. The normalized spacial score (nSPS) is 12.0. The molecule has 3 aromatic carbocycles. The molecule has 0 saturated heterocycles. The Morgan fingerprint density at radius 1 is 1.00 bits per heavy atom. The summed E-state index contributed by atoms with van der Waals surface area (Å²) in [5.74, 6) is -0.343. The lowest BCUT2D eigenvalue weighted by atomic mass is 10.0. The van der Waals surface area contributed by atoms with Gasteiger partial charge in [0.05, 0.1) is 17.6 Å². The van der Waals surface area contributed by atoms with Crippen molar-refractivity contribution >= 4 is 44.7 Å². The lowest BCUT2D eigenvalue weighted by Crippen LogP contribution is -2.30. The number of nitrogens with one attached hydrogen (secondary N) is 1. The number of carbonyl (C=O) groups is 2. The number of hydrogen-bond acceptors (Lipinski definition) is 5. The van der Waals surface area contributed by atoms with Crippen LogP contribution < -0.4 is 14.4 Å². The van der Waals surface area contributed by atoms with Crippen LogP contribution in [0.3, 0.4) is 0 Å². The number of carbonyl (C=O) groups excluding carboxylic acids is 2. The highest BCUT2D eigenvalue weighted by Gasteiger charge is 2.20. The monoisotopic (exact) mass is 486 g/mol. The van der Waals surface area contributed by atoms with E-state index in [2.05, 4.69) is 5.32 Å². The van der Waals surface area contributed by atoms with Gasteiger partial charge in [0.25, 0.3) is 5.91 Å². The molecule has 0 aliphatic heterocycles. The van der Waals surface area contributed by atoms with Crippen molar-refractivity contribution in [1.82, 2.24) is 0 Å². The zero-order valence-corrected chi connectivity index (χ0v) is 19.9. The van der Waals surface area contributed by atoms with E-state index < -0.39 is 22.0 Å². The largest absolute Gasteiger partial charge is 0.481 e. The van der Waals surface area contributed by atoms with Crippen molar-refractivity contribution in [3.05, 3.63) is 88.9 Å². The van der Waals surface area contributed by atoms with E-state index >= 15 is 0 Å². The summed E-state index contributed by atoms with van der Waals surface area (Å²) in [6.45, 7) is 1.57. The Balaban J connectivity index is 1.73. The summed E-state index contributed by atoms with van der Waals surface area (Å²) in [4.78, 5) is 25.7. The van der Waals surface area contributed by atoms with Crippen LogP contribution in [0.2, 0.25) is 5.02 Å². The van der Waals surface area contributed by atoms with Crippen LogP contribution in [0.1, 0.15) is 22.8 Å². The summed E-state index contributed by atoms with van der Waals surface area (Å²) in [7, 11) is -1.94. The third-order valence-electron chi connectivity index (χ3n) is 4.90. The minimum absolute atomic E-state index is 0.266. The van der Waals surface area contributed by atoms with Gasteiger partial charge in [-0.1, -0.05) is 41.9 Å². The summed E-state index contributed by atoms with van der Waals surface area (Å²) in [5, 5.41) is 3.10. The van der Waals surface area contributed by atoms with Gasteiger partial charge in [0.2, 0.25) is 10.0 Å². The molecule has 0 spiro atoms. The van der Waals surface area contributed by atoms with E-state index in [4.69, 9.17) is 16.3 Å². The predicted molar refractivity (Wildman–Crippen MR) is 130 cm³/mol. The Kier molecular flexibility index (Phi) is 7.40. The number of nitrogens with zero attached hydrogens (tertiary/aromatic N) is 1. The maximum Gasteiger partial charge on any atom is 0.265 e. The number of sulfonamides is 1. The highest BCUT2D eigenvalue weighted by Crippen LogP contribution is 2.25. The van der Waals surface area contributed by atoms with Gasteiger partial charge in [-0.2, -0.15) is 0 Å². The molecule has 9 heteroatoms. The molecular weight excluding hydrogens is 464 g/mol. The zero-order chi connectivity index (χ0) is 24.2. The van der Waals surface area contributed by atoms with E-state index in [9.17, 15) is 18.0 Å². The molecule has 3 aromatic rings. The molecule has 172 valence electrons. The Morgan fingerprint density at radius 3 is 2.24 bits per heavy atom. The summed E-state index contributed by atoms with van der Waals surface area (Å²) in [5.41, 5.74) is 1.52. The van der Waals surface area contributed by atoms with Crippen LogP contribution in [0.15, 0.2) is 72.8 Å². The molecule has 0 unspecified atom stereocenters. The van der Waals surface area contributed by atoms with Crippen molar-refractivity contribution < 1.29 is 22.7 Å². The van der Waals surface area contributed by atoms with E-state index in [1.807, 2.05) is 6.07 Å². The highest BCUT2D eigenvalue weighted by molar-refractivity contribution is 7.92. The number of ketones is 1. The van der Waals surface area contributed by atoms with Gasteiger partial charge < -0.3 is 10.1 Å². The lowest BCUT2D eigenvalue weighted by molar-refractivity contribution is -0.122. The second-order valence-electron chi connectivity index (χ2n) is 7.36. The third kappa shape index (κ3) is 6.12. The fourth-order valence-electron chi connectivity index (χ4n) is 2.98. The molecule has 0 fully saturated rings. The standard InChI is InChI=1S/C24H23ClN2O5S/c1-16(32-20-12-10-19(11-13-20)27(2)33(3,30)31)24(29)26-22-14-9-18(25)15-21(22)23(28)17-7-5-4-6-8-17/h4-16H,1-3H3,(H,26,29)/t16-/m1/s1. The Morgan fingerprint density at radius 2 is 1.64 bits per heavy atom. The molecule has 0 aromatic heterocycles. The quantitative estimate of drug-likeness (QED) is 0.477. The van der Waals surface area contributed by atoms with Crippen molar-refractivity contribution in [2.24, 2.45) is 0 Å². The van der Waals surface area contributed by atoms with Crippen molar-refractivity contribution in [3.8, 4) is 5.75 Å². The molecule has 3 rings (SSSR count). The SMILES string of the molecule is C[C@@H](Oc1ccc(N(C)S(C)(=O)=O)cc1)C(=O)Nc1ccc(Cl)cc1C(=O)c1ccccc1. The minimum atomic E-state index is -3.38. The van der Waals surface area contributed by atoms with E-state index in [1.165, 1.54) is 13.1 Å². The van der Waals surface area contributed by atoms with Gasteiger partial charge in [0.15, 0.2) is 11.9 Å². The molecule has 0 radical (unpaired) electrons. The molecule has 1 atom stereocenters. The number of rotatable bonds is 8. The number of hydrogen-bond donors (Lipinski definition) is 1. The smallest absolute Gasteiger partial charge is 0.265 e. The second-order valence-corrected chi connectivity index (χ2v) is 9.81. The molecule has 0 heterocycles. The van der Waals surface area contributed by atoms with Crippen molar-refractivity contribution in [2.45, 2.75) is 13.0 Å². The van der Waals surface area contributed by atoms with Crippen LogP contribution in [-0.4, -0.2) is 39.5 Å².